The van der Waals surface area contributed by atoms with E-state index in [1.807, 2.05) is 12.3 Å². The average Bonchev–Trinajstić information content (AvgIpc) is 2.60. The number of hydrogen-bond donors (Lipinski definition) is 2. The van der Waals surface area contributed by atoms with E-state index in [1.165, 1.54) is 0 Å². The summed E-state index contributed by atoms with van der Waals surface area (Å²) in [6.07, 6.45) is 3.49. The number of aromatic amines is 1. The largest absolute Gasteiger partial charge is 0.364 e. The van der Waals surface area contributed by atoms with Crippen molar-refractivity contribution < 1.29 is 4.79 Å². The highest BCUT2D eigenvalue weighted by Gasteiger charge is 2.15. The van der Waals surface area contributed by atoms with Crippen molar-refractivity contribution in [2.24, 2.45) is 5.73 Å². The molecule has 0 saturated carbocycles. The highest BCUT2D eigenvalue weighted by Crippen LogP contribution is 2.26. The van der Waals surface area contributed by atoms with Gasteiger partial charge in [0.25, 0.3) is 5.91 Å². The molecule has 0 radical (unpaired) electrons. The molecule has 2 heterocycles. The average molecular weight is 203 g/mol. The minimum absolute atomic E-state index is 0.334. The maximum atomic E-state index is 11.2. The van der Waals surface area contributed by atoms with Crippen LogP contribution in [0.15, 0.2) is 18.5 Å². The third-order valence-electron chi connectivity index (χ3n) is 2.48. The van der Waals surface area contributed by atoms with E-state index in [0.29, 0.717) is 11.6 Å². The number of H-pyrrole nitrogens is 1. The predicted octanol–water partition coefficient (Wildman–Crippen LogP) is 1.79. The van der Waals surface area contributed by atoms with Gasteiger partial charge in [-0.15, -0.1) is 0 Å². The Hall–Kier alpha value is -1.84. The van der Waals surface area contributed by atoms with Crippen molar-refractivity contribution in [3.8, 4) is 0 Å². The van der Waals surface area contributed by atoms with Crippen LogP contribution in [0.25, 0.3) is 10.9 Å². The Labute approximate surface area is 87.5 Å². The first-order valence-electron chi connectivity index (χ1n) is 4.87. The number of nitrogens with two attached hydrogens (primary N) is 1. The van der Waals surface area contributed by atoms with Crippen LogP contribution in [-0.2, 0) is 0 Å². The summed E-state index contributed by atoms with van der Waals surface area (Å²) in [7, 11) is 0. The summed E-state index contributed by atoms with van der Waals surface area (Å²) in [6, 6.07) is 1.84. The molecule has 2 aromatic rings. The number of carbonyl (C=O) groups excluding carboxylic acids is 1. The fourth-order valence-corrected chi connectivity index (χ4v) is 1.74. The zero-order valence-electron chi connectivity index (χ0n) is 8.74. The normalized spacial score (nSPS) is 11.1. The van der Waals surface area contributed by atoms with Crippen LogP contribution >= 0.6 is 0 Å². The number of pyridine rings is 1. The molecule has 0 aromatic carbocycles. The summed E-state index contributed by atoms with van der Waals surface area (Å²) < 4.78 is 0. The van der Waals surface area contributed by atoms with Crippen LogP contribution < -0.4 is 5.73 Å². The maximum absolute atomic E-state index is 11.2. The lowest BCUT2D eigenvalue weighted by atomic mass is 10.0. The lowest BCUT2D eigenvalue weighted by Crippen LogP contribution is -2.13. The molecule has 2 rings (SSSR count). The van der Waals surface area contributed by atoms with E-state index < -0.39 is 5.91 Å². The van der Waals surface area contributed by atoms with Crippen LogP contribution in [0.2, 0.25) is 0 Å². The molecular weight excluding hydrogens is 190 g/mol. The van der Waals surface area contributed by atoms with Crippen LogP contribution in [-0.4, -0.2) is 15.9 Å². The molecule has 78 valence electrons. The molecule has 0 saturated heterocycles. The predicted molar refractivity (Wildman–Crippen MR) is 58.7 cm³/mol. The van der Waals surface area contributed by atoms with Gasteiger partial charge in [-0.2, -0.15) is 0 Å². The number of fused-ring (bicyclic) bond motifs is 1. The molecule has 0 spiro atoms. The van der Waals surface area contributed by atoms with E-state index in [-0.39, 0.29) is 0 Å². The number of primary amides is 1. The van der Waals surface area contributed by atoms with Crippen molar-refractivity contribution in [2.75, 3.05) is 0 Å². The van der Waals surface area contributed by atoms with Crippen molar-refractivity contribution in [3.63, 3.8) is 0 Å². The minimum Gasteiger partial charge on any atom is -0.364 e. The zero-order valence-corrected chi connectivity index (χ0v) is 8.74. The highest BCUT2D eigenvalue weighted by atomic mass is 16.1. The molecule has 0 aliphatic heterocycles. The molecule has 0 bridgehead atoms. The van der Waals surface area contributed by atoms with Gasteiger partial charge in [-0.25, -0.2) is 0 Å². The molecule has 4 nitrogen and oxygen atoms in total. The standard InChI is InChI=1S/C11H13N3O/c1-6(2)7-5-14-8-3-4-13-10(9(7)8)11(12)15/h3-6,14H,1-2H3,(H2,12,15). The number of nitrogens with zero attached hydrogens (tertiary/aromatic N) is 1. The summed E-state index contributed by atoms with van der Waals surface area (Å²) in [4.78, 5) is 18.4. The highest BCUT2D eigenvalue weighted by molar-refractivity contribution is 6.05. The van der Waals surface area contributed by atoms with E-state index in [0.717, 1.165) is 16.5 Å². The Morgan fingerprint density at radius 1 is 1.53 bits per heavy atom. The number of carbonyl (C=O) groups is 1. The zero-order chi connectivity index (χ0) is 11.0. The summed E-state index contributed by atoms with van der Waals surface area (Å²) in [5.41, 5.74) is 7.62. The van der Waals surface area contributed by atoms with Gasteiger partial charge in [-0.3, -0.25) is 9.78 Å². The van der Waals surface area contributed by atoms with Crippen molar-refractivity contribution in [2.45, 2.75) is 19.8 Å². The van der Waals surface area contributed by atoms with Crippen LogP contribution in [0.3, 0.4) is 0 Å². The second kappa shape index (κ2) is 3.38. The first kappa shape index (κ1) is 9.71. The van der Waals surface area contributed by atoms with Gasteiger partial charge < -0.3 is 10.7 Å². The van der Waals surface area contributed by atoms with Crippen molar-refractivity contribution >= 4 is 16.8 Å². The summed E-state index contributed by atoms with van der Waals surface area (Å²) in [6.45, 7) is 4.14. The molecule has 0 unspecified atom stereocenters. The number of hydrogen-bond acceptors (Lipinski definition) is 2. The number of nitrogens with one attached hydrogen (secondary N) is 1. The molecule has 4 heteroatoms. The molecule has 0 aliphatic rings. The third kappa shape index (κ3) is 1.48. The third-order valence-corrected chi connectivity index (χ3v) is 2.48. The van der Waals surface area contributed by atoms with E-state index >= 15 is 0 Å². The molecule has 2 aromatic heterocycles. The van der Waals surface area contributed by atoms with Crippen LogP contribution in [0, 0.1) is 0 Å². The van der Waals surface area contributed by atoms with E-state index in [9.17, 15) is 4.79 Å². The molecule has 15 heavy (non-hydrogen) atoms. The Balaban J connectivity index is 2.80. The fourth-order valence-electron chi connectivity index (χ4n) is 1.74. The minimum atomic E-state index is -0.484. The number of amides is 1. The Bertz CT molecular complexity index is 514. The van der Waals surface area contributed by atoms with Gasteiger partial charge in [-0.1, -0.05) is 13.8 Å². The van der Waals surface area contributed by atoms with Crippen molar-refractivity contribution in [1.82, 2.24) is 9.97 Å². The van der Waals surface area contributed by atoms with E-state index in [2.05, 4.69) is 23.8 Å². The SMILES string of the molecule is CC(C)c1c[nH]c2ccnc(C(N)=O)c12. The lowest BCUT2D eigenvalue weighted by Gasteiger charge is -2.04. The molecule has 0 atom stereocenters. The van der Waals surface area contributed by atoms with Crippen molar-refractivity contribution in [1.29, 1.82) is 0 Å². The van der Waals surface area contributed by atoms with E-state index in [4.69, 9.17) is 5.73 Å². The van der Waals surface area contributed by atoms with Crippen LogP contribution in [0.1, 0.15) is 35.8 Å². The monoisotopic (exact) mass is 203 g/mol. The number of rotatable bonds is 2. The second-order valence-electron chi connectivity index (χ2n) is 3.85. The molecular formula is C11H13N3O. The van der Waals surface area contributed by atoms with Gasteiger partial charge in [0.1, 0.15) is 5.69 Å². The topological polar surface area (TPSA) is 71.8 Å². The maximum Gasteiger partial charge on any atom is 0.268 e. The summed E-state index contributed by atoms with van der Waals surface area (Å²) in [5.74, 6) is -0.150. The Kier molecular flexibility index (Phi) is 2.19. The summed E-state index contributed by atoms with van der Waals surface area (Å²) >= 11 is 0. The quantitative estimate of drug-likeness (QED) is 0.781. The van der Waals surface area contributed by atoms with Gasteiger partial charge in [0.2, 0.25) is 0 Å². The molecule has 0 aliphatic carbocycles. The van der Waals surface area contributed by atoms with Crippen LogP contribution in [0.4, 0.5) is 0 Å². The van der Waals surface area contributed by atoms with E-state index in [1.54, 1.807) is 6.20 Å². The Morgan fingerprint density at radius 2 is 2.27 bits per heavy atom. The van der Waals surface area contributed by atoms with Gasteiger partial charge in [0.15, 0.2) is 0 Å². The van der Waals surface area contributed by atoms with Crippen LogP contribution in [0.5, 0.6) is 0 Å². The molecule has 1 amide bonds. The van der Waals surface area contributed by atoms with Gasteiger partial charge in [0.05, 0.1) is 0 Å². The van der Waals surface area contributed by atoms with Crippen molar-refractivity contribution in [3.05, 3.63) is 29.7 Å². The summed E-state index contributed by atoms with van der Waals surface area (Å²) in [5, 5.41) is 0.847. The van der Waals surface area contributed by atoms with Gasteiger partial charge in [0, 0.05) is 23.3 Å². The van der Waals surface area contributed by atoms with Gasteiger partial charge in [-0.05, 0) is 17.5 Å². The smallest absolute Gasteiger partial charge is 0.268 e. The number of aromatic nitrogens is 2. The Morgan fingerprint density at radius 3 is 2.87 bits per heavy atom. The second-order valence-corrected chi connectivity index (χ2v) is 3.85. The molecule has 3 N–H and O–H groups in total. The first-order valence-corrected chi connectivity index (χ1v) is 4.87. The first-order chi connectivity index (χ1) is 7.11. The van der Waals surface area contributed by atoms with Gasteiger partial charge >= 0.3 is 0 Å². The molecule has 0 fully saturated rings. The fraction of sp³-hybridized carbons (Fsp3) is 0.273. The lowest BCUT2D eigenvalue weighted by molar-refractivity contribution is 0.0997.